The summed E-state index contributed by atoms with van der Waals surface area (Å²) in [6.45, 7) is 1.99. The number of nitrogens with zero attached hydrogens (tertiary/aromatic N) is 1. The number of fused-ring (bicyclic) bond motifs is 1. The predicted octanol–water partition coefficient (Wildman–Crippen LogP) is 4.40. The molecule has 0 spiro atoms. The van der Waals surface area contributed by atoms with Crippen molar-refractivity contribution in [1.82, 2.24) is 0 Å². The van der Waals surface area contributed by atoms with Crippen molar-refractivity contribution >= 4 is 35.1 Å². The molecule has 0 N–H and O–H groups in total. The summed E-state index contributed by atoms with van der Waals surface area (Å²) >= 11 is 5.82. The molecule has 2 aromatic rings. The standard InChI is InChI=1S/C22H18ClNO4/c1-13-2-11-18-19(12-13)21(26)24(20(18)25)16-7-9-17(10-8-16)28-22(27)14-3-5-15(23)6-4-14/h2-10,18-19H,11-12H2,1H3. The largest absolute Gasteiger partial charge is 0.423 e. The first-order chi connectivity index (χ1) is 13.4. The number of halogens is 1. The van der Waals surface area contributed by atoms with Crippen LogP contribution in [0.5, 0.6) is 5.75 Å². The molecular formula is C22H18ClNO4. The lowest BCUT2D eigenvalue weighted by Gasteiger charge is -2.18. The topological polar surface area (TPSA) is 63.7 Å². The van der Waals surface area contributed by atoms with Gasteiger partial charge in [0.1, 0.15) is 5.75 Å². The molecule has 0 aromatic heterocycles. The number of imide groups is 1. The van der Waals surface area contributed by atoms with E-state index in [0.29, 0.717) is 34.9 Å². The number of esters is 1. The number of carbonyl (C=O) groups is 3. The minimum Gasteiger partial charge on any atom is -0.423 e. The molecular weight excluding hydrogens is 378 g/mol. The van der Waals surface area contributed by atoms with Gasteiger partial charge in [-0.25, -0.2) is 4.79 Å². The zero-order valence-electron chi connectivity index (χ0n) is 15.2. The third-order valence-electron chi connectivity index (χ3n) is 5.21. The van der Waals surface area contributed by atoms with Crippen LogP contribution in [0.1, 0.15) is 30.1 Å². The average Bonchev–Trinajstić information content (AvgIpc) is 2.93. The lowest BCUT2D eigenvalue weighted by molar-refractivity contribution is -0.122. The number of amides is 2. The zero-order valence-corrected chi connectivity index (χ0v) is 16.0. The van der Waals surface area contributed by atoms with Gasteiger partial charge in [-0.05, 0) is 68.3 Å². The minimum atomic E-state index is -0.509. The molecule has 28 heavy (non-hydrogen) atoms. The molecule has 1 heterocycles. The van der Waals surface area contributed by atoms with E-state index >= 15 is 0 Å². The Morgan fingerprint density at radius 3 is 2.32 bits per heavy atom. The molecule has 6 heteroatoms. The summed E-state index contributed by atoms with van der Waals surface area (Å²) in [6, 6.07) is 12.8. The molecule has 1 aliphatic carbocycles. The van der Waals surface area contributed by atoms with Crippen LogP contribution in [-0.4, -0.2) is 17.8 Å². The SMILES string of the molecule is CC1=CCC2C(=O)N(c3ccc(OC(=O)c4ccc(Cl)cc4)cc3)C(=O)C2C1. The molecule has 2 atom stereocenters. The van der Waals surface area contributed by atoms with Crippen molar-refractivity contribution < 1.29 is 19.1 Å². The number of anilines is 1. The predicted molar refractivity (Wildman–Crippen MR) is 105 cm³/mol. The fourth-order valence-electron chi connectivity index (χ4n) is 3.71. The number of carbonyl (C=O) groups excluding carboxylic acids is 3. The number of hydrogen-bond donors (Lipinski definition) is 0. The average molecular weight is 396 g/mol. The maximum atomic E-state index is 12.8. The Labute approximate surface area is 167 Å². The molecule has 0 radical (unpaired) electrons. The van der Waals surface area contributed by atoms with Gasteiger partial charge in [-0.2, -0.15) is 0 Å². The first-order valence-electron chi connectivity index (χ1n) is 9.05. The monoisotopic (exact) mass is 395 g/mol. The molecule has 0 saturated carbocycles. The minimum absolute atomic E-state index is 0.159. The number of benzene rings is 2. The van der Waals surface area contributed by atoms with Gasteiger partial charge in [0.15, 0.2) is 0 Å². The van der Waals surface area contributed by atoms with E-state index in [0.717, 1.165) is 5.57 Å². The van der Waals surface area contributed by atoms with Crippen LogP contribution in [0.2, 0.25) is 5.02 Å². The second-order valence-corrected chi connectivity index (χ2v) is 7.54. The van der Waals surface area contributed by atoms with E-state index in [-0.39, 0.29) is 23.7 Å². The van der Waals surface area contributed by atoms with Crippen molar-refractivity contribution in [2.75, 3.05) is 4.90 Å². The van der Waals surface area contributed by atoms with Gasteiger partial charge in [-0.3, -0.25) is 14.5 Å². The van der Waals surface area contributed by atoms with Gasteiger partial charge in [-0.15, -0.1) is 0 Å². The molecule has 2 aromatic carbocycles. The van der Waals surface area contributed by atoms with Gasteiger partial charge < -0.3 is 4.74 Å². The van der Waals surface area contributed by atoms with Crippen LogP contribution >= 0.6 is 11.6 Å². The highest BCUT2D eigenvalue weighted by molar-refractivity contribution is 6.30. The third-order valence-corrected chi connectivity index (χ3v) is 5.46. The maximum Gasteiger partial charge on any atom is 0.343 e. The van der Waals surface area contributed by atoms with E-state index in [4.69, 9.17) is 16.3 Å². The summed E-state index contributed by atoms with van der Waals surface area (Å²) in [5.74, 6) is -1.06. The van der Waals surface area contributed by atoms with Gasteiger partial charge in [0.2, 0.25) is 11.8 Å². The number of hydrogen-bond acceptors (Lipinski definition) is 4. The van der Waals surface area contributed by atoms with Crippen molar-refractivity contribution in [2.45, 2.75) is 19.8 Å². The molecule has 1 aliphatic heterocycles. The van der Waals surface area contributed by atoms with Crippen LogP contribution in [0.15, 0.2) is 60.2 Å². The fraction of sp³-hybridized carbons (Fsp3) is 0.227. The Kier molecular flexibility index (Phi) is 4.77. The van der Waals surface area contributed by atoms with E-state index in [9.17, 15) is 14.4 Å². The van der Waals surface area contributed by atoms with E-state index < -0.39 is 5.97 Å². The van der Waals surface area contributed by atoms with Crippen molar-refractivity contribution in [3.8, 4) is 5.75 Å². The van der Waals surface area contributed by atoms with Crippen LogP contribution in [0.4, 0.5) is 5.69 Å². The molecule has 4 rings (SSSR count). The molecule has 2 aliphatic rings. The Morgan fingerprint density at radius 1 is 1.00 bits per heavy atom. The van der Waals surface area contributed by atoms with Crippen molar-refractivity contribution in [3.63, 3.8) is 0 Å². The van der Waals surface area contributed by atoms with E-state index in [1.807, 2.05) is 13.0 Å². The second-order valence-electron chi connectivity index (χ2n) is 7.11. The van der Waals surface area contributed by atoms with Crippen LogP contribution in [0, 0.1) is 11.8 Å². The van der Waals surface area contributed by atoms with Crippen LogP contribution < -0.4 is 9.64 Å². The van der Waals surface area contributed by atoms with E-state index in [1.54, 1.807) is 48.5 Å². The summed E-state index contributed by atoms with van der Waals surface area (Å²) in [7, 11) is 0. The molecule has 1 fully saturated rings. The zero-order chi connectivity index (χ0) is 19.8. The van der Waals surface area contributed by atoms with Crippen molar-refractivity contribution in [2.24, 2.45) is 11.8 Å². The summed E-state index contributed by atoms with van der Waals surface area (Å²) in [6.07, 6.45) is 3.27. The van der Waals surface area contributed by atoms with Gasteiger partial charge in [-0.1, -0.05) is 23.3 Å². The van der Waals surface area contributed by atoms with E-state index in [2.05, 4.69) is 0 Å². The van der Waals surface area contributed by atoms with Gasteiger partial charge >= 0.3 is 5.97 Å². The number of rotatable bonds is 3. The fourth-order valence-corrected chi connectivity index (χ4v) is 3.83. The van der Waals surface area contributed by atoms with E-state index in [1.165, 1.54) is 4.90 Å². The lowest BCUT2D eigenvalue weighted by Crippen LogP contribution is -2.30. The molecule has 142 valence electrons. The highest BCUT2D eigenvalue weighted by atomic mass is 35.5. The Morgan fingerprint density at radius 2 is 1.64 bits per heavy atom. The molecule has 2 unspecified atom stereocenters. The maximum absolute atomic E-state index is 12.8. The number of ether oxygens (including phenoxy) is 1. The summed E-state index contributed by atoms with van der Waals surface area (Å²) in [5, 5.41) is 0.534. The molecule has 2 amide bonds. The van der Waals surface area contributed by atoms with Gasteiger partial charge in [0.05, 0.1) is 23.1 Å². The molecule has 0 bridgehead atoms. The quantitative estimate of drug-likeness (QED) is 0.334. The van der Waals surface area contributed by atoms with Crippen molar-refractivity contribution in [3.05, 3.63) is 70.8 Å². The van der Waals surface area contributed by atoms with Crippen LogP contribution in [0.25, 0.3) is 0 Å². The van der Waals surface area contributed by atoms with Gasteiger partial charge in [0.25, 0.3) is 0 Å². The van der Waals surface area contributed by atoms with Crippen LogP contribution in [0.3, 0.4) is 0 Å². The molecule has 5 nitrogen and oxygen atoms in total. The Balaban J connectivity index is 1.49. The Hall–Kier alpha value is -2.92. The smallest absolute Gasteiger partial charge is 0.343 e. The van der Waals surface area contributed by atoms with Gasteiger partial charge in [0, 0.05) is 5.02 Å². The summed E-state index contributed by atoms with van der Waals surface area (Å²) < 4.78 is 5.34. The first kappa shape index (κ1) is 18.4. The summed E-state index contributed by atoms with van der Waals surface area (Å²) in [5.41, 5.74) is 2.02. The highest BCUT2D eigenvalue weighted by Gasteiger charge is 2.48. The van der Waals surface area contributed by atoms with Crippen molar-refractivity contribution in [1.29, 1.82) is 0 Å². The first-order valence-corrected chi connectivity index (χ1v) is 9.43. The second kappa shape index (κ2) is 7.24. The lowest BCUT2D eigenvalue weighted by atomic mass is 9.82. The van der Waals surface area contributed by atoms with Crippen LogP contribution in [-0.2, 0) is 9.59 Å². The molecule has 1 saturated heterocycles. The Bertz CT molecular complexity index is 979. The normalized spacial score (nSPS) is 21.4. The summed E-state index contributed by atoms with van der Waals surface area (Å²) in [4.78, 5) is 38.9. The number of allylic oxidation sites excluding steroid dienone is 2. The third kappa shape index (κ3) is 3.34. The highest BCUT2D eigenvalue weighted by Crippen LogP contribution is 2.40.